The highest BCUT2D eigenvalue weighted by atomic mass is 35.5. The maximum absolute atomic E-state index is 13.4. The second-order valence-corrected chi connectivity index (χ2v) is 9.24. The predicted molar refractivity (Wildman–Crippen MR) is 122 cm³/mol. The second-order valence-electron chi connectivity index (χ2n) is 6.56. The highest BCUT2D eigenvalue weighted by molar-refractivity contribution is 7.92. The van der Waals surface area contributed by atoms with Gasteiger partial charge in [-0.1, -0.05) is 47.5 Å². The number of sulfonamides is 1. The normalized spacial score (nSPS) is 11.2. The molecule has 3 aromatic carbocycles. The van der Waals surface area contributed by atoms with E-state index in [0.717, 1.165) is 0 Å². The summed E-state index contributed by atoms with van der Waals surface area (Å²) in [5.41, 5.74) is 1.69. The zero-order valence-electron chi connectivity index (χ0n) is 16.4. The number of anilines is 2. The van der Waals surface area contributed by atoms with Crippen LogP contribution in [-0.2, 0) is 10.0 Å². The van der Waals surface area contributed by atoms with Gasteiger partial charge in [-0.05, 0) is 61.9 Å². The van der Waals surface area contributed by atoms with Crippen molar-refractivity contribution in [1.82, 2.24) is 0 Å². The van der Waals surface area contributed by atoms with Crippen LogP contribution in [0.25, 0.3) is 0 Å². The summed E-state index contributed by atoms with van der Waals surface area (Å²) in [6.45, 7) is 3.71. The number of hydrogen-bond donors (Lipinski definition) is 1. The first kappa shape index (κ1) is 22.2. The molecule has 0 aliphatic rings. The summed E-state index contributed by atoms with van der Waals surface area (Å²) in [6, 6.07) is 18.1. The molecule has 0 unspecified atom stereocenters. The van der Waals surface area contributed by atoms with Crippen molar-refractivity contribution in [2.75, 3.05) is 16.2 Å². The highest BCUT2D eigenvalue weighted by Crippen LogP contribution is 2.28. The average molecular weight is 463 g/mol. The molecule has 0 aliphatic carbocycles. The van der Waals surface area contributed by atoms with Crippen LogP contribution >= 0.6 is 23.2 Å². The molecule has 30 heavy (non-hydrogen) atoms. The van der Waals surface area contributed by atoms with Gasteiger partial charge in [-0.2, -0.15) is 0 Å². The number of aryl methyl sites for hydroxylation is 1. The van der Waals surface area contributed by atoms with E-state index in [1.807, 2.05) is 6.07 Å². The van der Waals surface area contributed by atoms with Gasteiger partial charge in [0.05, 0.1) is 21.3 Å². The highest BCUT2D eigenvalue weighted by Gasteiger charge is 2.26. The van der Waals surface area contributed by atoms with Crippen molar-refractivity contribution in [3.05, 3.63) is 87.9 Å². The number of carbonyl (C=O) groups excluding carboxylic acids is 1. The zero-order valence-corrected chi connectivity index (χ0v) is 18.7. The number of benzene rings is 3. The van der Waals surface area contributed by atoms with E-state index in [1.54, 1.807) is 62.4 Å². The summed E-state index contributed by atoms with van der Waals surface area (Å²) in [7, 11) is -3.87. The maximum Gasteiger partial charge on any atom is 0.264 e. The number of rotatable bonds is 6. The molecule has 0 radical (unpaired) electrons. The lowest BCUT2D eigenvalue weighted by atomic mass is 10.1. The van der Waals surface area contributed by atoms with Crippen LogP contribution in [-0.4, -0.2) is 20.9 Å². The molecule has 3 rings (SSSR count). The van der Waals surface area contributed by atoms with Gasteiger partial charge < -0.3 is 5.32 Å². The fraction of sp³-hybridized carbons (Fsp3) is 0.136. The van der Waals surface area contributed by atoms with Crippen molar-refractivity contribution in [1.29, 1.82) is 0 Å². The minimum absolute atomic E-state index is 0.0723. The third-order valence-corrected chi connectivity index (χ3v) is 7.12. The Morgan fingerprint density at radius 2 is 1.70 bits per heavy atom. The molecule has 0 saturated carbocycles. The molecule has 0 spiro atoms. The lowest BCUT2D eigenvalue weighted by Crippen LogP contribution is -2.31. The van der Waals surface area contributed by atoms with E-state index in [4.69, 9.17) is 23.2 Å². The third kappa shape index (κ3) is 4.61. The number of nitrogens with zero attached hydrogens (tertiary/aromatic N) is 1. The Hall–Kier alpha value is -2.54. The molecule has 1 amide bonds. The monoisotopic (exact) mass is 462 g/mol. The van der Waals surface area contributed by atoms with Gasteiger partial charge in [0.15, 0.2) is 0 Å². The van der Waals surface area contributed by atoms with E-state index < -0.39 is 15.9 Å². The first-order valence-electron chi connectivity index (χ1n) is 9.19. The predicted octanol–water partition coefficient (Wildman–Crippen LogP) is 5.77. The minimum atomic E-state index is -3.87. The van der Waals surface area contributed by atoms with Crippen LogP contribution in [0, 0.1) is 6.92 Å². The van der Waals surface area contributed by atoms with Crippen molar-refractivity contribution in [3.8, 4) is 0 Å². The van der Waals surface area contributed by atoms with Crippen LogP contribution in [0.5, 0.6) is 0 Å². The largest absolute Gasteiger partial charge is 0.321 e. The maximum atomic E-state index is 13.4. The van der Waals surface area contributed by atoms with Gasteiger partial charge in [-0.3, -0.25) is 9.10 Å². The van der Waals surface area contributed by atoms with E-state index in [0.29, 0.717) is 22.0 Å². The minimum Gasteiger partial charge on any atom is -0.321 e. The van der Waals surface area contributed by atoms with Crippen LogP contribution in [0.3, 0.4) is 0 Å². The summed E-state index contributed by atoms with van der Waals surface area (Å²) in [5.74, 6) is -0.474. The van der Waals surface area contributed by atoms with Crippen molar-refractivity contribution >= 4 is 50.5 Å². The van der Waals surface area contributed by atoms with Gasteiger partial charge in [0, 0.05) is 17.1 Å². The van der Waals surface area contributed by atoms with Gasteiger partial charge in [0.2, 0.25) is 0 Å². The zero-order chi connectivity index (χ0) is 21.9. The van der Waals surface area contributed by atoms with E-state index in [9.17, 15) is 13.2 Å². The van der Waals surface area contributed by atoms with E-state index in [-0.39, 0.29) is 22.0 Å². The van der Waals surface area contributed by atoms with Crippen molar-refractivity contribution in [3.63, 3.8) is 0 Å². The SMILES string of the molecule is CCN(c1ccccc1)S(=O)(=O)c1cc(C(=O)Nc2ccc(Cl)cc2Cl)ccc1C. The van der Waals surface area contributed by atoms with Gasteiger partial charge in [-0.25, -0.2) is 8.42 Å². The Bertz CT molecular complexity index is 1180. The summed E-state index contributed by atoms with van der Waals surface area (Å²) >= 11 is 12.0. The number of hydrogen-bond acceptors (Lipinski definition) is 3. The van der Waals surface area contributed by atoms with Crippen LogP contribution in [0.15, 0.2) is 71.6 Å². The fourth-order valence-corrected chi connectivity index (χ4v) is 5.19. The number of amides is 1. The summed E-state index contributed by atoms with van der Waals surface area (Å²) < 4.78 is 28.0. The number of carbonyl (C=O) groups is 1. The molecule has 0 aromatic heterocycles. The Balaban J connectivity index is 1.97. The first-order valence-corrected chi connectivity index (χ1v) is 11.4. The van der Waals surface area contributed by atoms with Crippen LogP contribution in [0.1, 0.15) is 22.8 Å². The molecule has 5 nitrogen and oxygen atoms in total. The quantitative estimate of drug-likeness (QED) is 0.505. The Labute approximate surface area is 186 Å². The standard InChI is InChI=1S/C22H20Cl2N2O3S/c1-3-26(18-7-5-4-6-8-18)30(28,29)21-13-16(10-9-15(21)2)22(27)25-20-12-11-17(23)14-19(20)24/h4-14H,3H2,1-2H3,(H,25,27). The Kier molecular flexibility index (Phi) is 6.71. The molecule has 0 atom stereocenters. The van der Waals surface area contributed by atoms with Gasteiger partial charge in [0.25, 0.3) is 15.9 Å². The van der Waals surface area contributed by atoms with Crippen molar-refractivity contribution in [2.24, 2.45) is 0 Å². The summed E-state index contributed by atoms with van der Waals surface area (Å²) in [6.07, 6.45) is 0. The number of halogens is 2. The fourth-order valence-electron chi connectivity index (χ4n) is 3.01. The molecule has 0 fully saturated rings. The third-order valence-electron chi connectivity index (χ3n) is 4.53. The van der Waals surface area contributed by atoms with E-state index in [2.05, 4.69) is 5.32 Å². The van der Waals surface area contributed by atoms with Gasteiger partial charge in [-0.15, -0.1) is 0 Å². The van der Waals surface area contributed by atoms with Crippen molar-refractivity contribution in [2.45, 2.75) is 18.7 Å². The second kappa shape index (κ2) is 9.08. The smallest absolute Gasteiger partial charge is 0.264 e. The molecular weight excluding hydrogens is 443 g/mol. The van der Waals surface area contributed by atoms with E-state index >= 15 is 0 Å². The van der Waals surface area contributed by atoms with E-state index in [1.165, 1.54) is 16.4 Å². The molecule has 0 heterocycles. The average Bonchev–Trinajstić information content (AvgIpc) is 2.71. The molecule has 0 aliphatic heterocycles. The Morgan fingerprint density at radius 1 is 1.00 bits per heavy atom. The lowest BCUT2D eigenvalue weighted by Gasteiger charge is -2.24. The molecule has 3 aromatic rings. The first-order chi connectivity index (χ1) is 14.2. The summed E-state index contributed by atoms with van der Waals surface area (Å²) in [4.78, 5) is 12.8. The number of nitrogens with one attached hydrogen (secondary N) is 1. The van der Waals surface area contributed by atoms with Gasteiger partial charge >= 0.3 is 0 Å². The molecule has 0 saturated heterocycles. The van der Waals surface area contributed by atoms with Crippen molar-refractivity contribution < 1.29 is 13.2 Å². The molecular formula is C22H20Cl2N2O3S. The lowest BCUT2D eigenvalue weighted by molar-refractivity contribution is 0.102. The number of para-hydroxylation sites is 1. The Morgan fingerprint density at radius 3 is 2.33 bits per heavy atom. The topological polar surface area (TPSA) is 66.5 Å². The van der Waals surface area contributed by atoms with Crippen LogP contribution < -0.4 is 9.62 Å². The molecule has 0 bridgehead atoms. The molecule has 8 heteroatoms. The molecule has 1 N–H and O–H groups in total. The van der Waals surface area contributed by atoms with Crippen LogP contribution in [0.4, 0.5) is 11.4 Å². The van der Waals surface area contributed by atoms with Gasteiger partial charge in [0.1, 0.15) is 0 Å². The van der Waals surface area contributed by atoms with Crippen LogP contribution in [0.2, 0.25) is 10.0 Å². The summed E-state index contributed by atoms with van der Waals surface area (Å²) in [5, 5.41) is 3.42. The molecule has 156 valence electrons.